The summed E-state index contributed by atoms with van der Waals surface area (Å²) >= 11 is 0. The smallest absolute Gasteiger partial charge is 0.253 e. The fourth-order valence-electron chi connectivity index (χ4n) is 4.10. The van der Waals surface area contributed by atoms with E-state index in [1.807, 2.05) is 74.3 Å². The molecule has 2 aromatic carbocycles. The molecule has 3 N–H and O–H groups in total. The first-order valence-corrected chi connectivity index (χ1v) is 12.0. The van der Waals surface area contributed by atoms with Crippen LogP contribution in [0.25, 0.3) is 11.1 Å². The van der Waals surface area contributed by atoms with Crippen molar-refractivity contribution in [1.29, 1.82) is 5.41 Å². The number of aliphatic hydroxyl groups is 1. The summed E-state index contributed by atoms with van der Waals surface area (Å²) < 4.78 is 0. The number of benzene rings is 2. The molecule has 1 saturated carbocycles. The van der Waals surface area contributed by atoms with Crippen LogP contribution in [0, 0.1) is 5.41 Å². The van der Waals surface area contributed by atoms with Crippen LogP contribution in [0.4, 0.5) is 5.69 Å². The summed E-state index contributed by atoms with van der Waals surface area (Å²) in [5.41, 5.74) is 3.81. The number of hydrogen-bond donors (Lipinski definition) is 3. The summed E-state index contributed by atoms with van der Waals surface area (Å²) in [4.78, 5) is 27.4. The number of Topliss-reactive ketones (excluding diaryl/α,β-unsaturated/α-hetero) is 1. The molecule has 34 heavy (non-hydrogen) atoms. The largest absolute Gasteiger partial charge is 0.388 e. The number of ketones is 1. The van der Waals surface area contributed by atoms with Crippen molar-refractivity contribution < 1.29 is 14.7 Å². The minimum absolute atomic E-state index is 0.0299. The third-order valence-corrected chi connectivity index (χ3v) is 6.33. The minimum Gasteiger partial charge on any atom is -0.388 e. The fourth-order valence-corrected chi connectivity index (χ4v) is 4.10. The molecule has 1 aliphatic rings. The summed E-state index contributed by atoms with van der Waals surface area (Å²) in [6.07, 6.45) is 6.31. The van der Waals surface area contributed by atoms with Gasteiger partial charge in [-0.2, -0.15) is 0 Å². The summed E-state index contributed by atoms with van der Waals surface area (Å²) in [5.74, 6) is -0.189. The summed E-state index contributed by atoms with van der Waals surface area (Å²) in [7, 11) is 1.83. The number of amides is 1. The Labute approximate surface area is 202 Å². The molecule has 0 saturated heterocycles. The van der Waals surface area contributed by atoms with E-state index in [1.54, 1.807) is 0 Å². The van der Waals surface area contributed by atoms with Gasteiger partial charge in [0.25, 0.3) is 5.91 Å². The molecule has 1 amide bonds. The van der Waals surface area contributed by atoms with E-state index in [2.05, 4.69) is 5.32 Å². The predicted molar refractivity (Wildman–Crippen MR) is 138 cm³/mol. The highest BCUT2D eigenvalue weighted by atomic mass is 16.3. The molecular formula is C28H35N3O3. The van der Waals surface area contributed by atoms with Crippen LogP contribution in [0.3, 0.4) is 0 Å². The van der Waals surface area contributed by atoms with Crippen molar-refractivity contribution in [1.82, 2.24) is 4.90 Å². The minimum atomic E-state index is -1.14. The van der Waals surface area contributed by atoms with E-state index < -0.39 is 5.60 Å². The molecule has 0 aromatic heterocycles. The Morgan fingerprint density at radius 3 is 2.32 bits per heavy atom. The van der Waals surface area contributed by atoms with Gasteiger partial charge in [0.15, 0.2) is 5.78 Å². The Balaban J connectivity index is 1.70. The van der Waals surface area contributed by atoms with E-state index in [1.165, 1.54) is 6.21 Å². The normalized spacial score (nSPS) is 14.4. The highest BCUT2D eigenvalue weighted by Gasteiger charge is 2.48. The molecule has 1 aliphatic carbocycles. The lowest BCUT2D eigenvalue weighted by Crippen LogP contribution is -2.32. The maximum absolute atomic E-state index is 13.2. The van der Waals surface area contributed by atoms with Crippen molar-refractivity contribution in [2.75, 3.05) is 25.5 Å². The summed E-state index contributed by atoms with van der Waals surface area (Å²) in [6, 6.07) is 13.5. The van der Waals surface area contributed by atoms with Gasteiger partial charge in [-0.3, -0.25) is 9.59 Å². The Morgan fingerprint density at radius 2 is 1.76 bits per heavy atom. The van der Waals surface area contributed by atoms with Crippen LogP contribution < -0.4 is 5.32 Å². The first kappa shape index (κ1) is 25.4. The van der Waals surface area contributed by atoms with Crippen LogP contribution in [0.5, 0.6) is 0 Å². The third kappa shape index (κ3) is 5.81. The predicted octanol–water partition coefficient (Wildman–Crippen LogP) is 5.07. The Kier molecular flexibility index (Phi) is 8.40. The molecule has 0 spiro atoms. The van der Waals surface area contributed by atoms with Gasteiger partial charge in [0.1, 0.15) is 5.60 Å². The second-order valence-corrected chi connectivity index (χ2v) is 8.80. The second-order valence-electron chi connectivity index (χ2n) is 8.80. The maximum atomic E-state index is 13.2. The van der Waals surface area contributed by atoms with Gasteiger partial charge in [-0.1, -0.05) is 38.1 Å². The zero-order valence-electron chi connectivity index (χ0n) is 20.4. The van der Waals surface area contributed by atoms with Crippen molar-refractivity contribution in [3.05, 3.63) is 65.2 Å². The highest BCUT2D eigenvalue weighted by molar-refractivity contribution is 6.03. The lowest BCUT2D eigenvalue weighted by Gasteiger charge is -2.22. The van der Waals surface area contributed by atoms with Crippen LogP contribution in [0.1, 0.15) is 61.9 Å². The fraction of sp³-hybridized carbons (Fsp3) is 0.393. The molecule has 0 aliphatic heterocycles. The Bertz CT molecular complexity index is 1070. The van der Waals surface area contributed by atoms with Crippen molar-refractivity contribution in [2.45, 2.75) is 51.6 Å². The van der Waals surface area contributed by atoms with E-state index in [0.717, 1.165) is 28.8 Å². The number of carbonyl (C=O) groups excluding carboxylic acids is 2. The van der Waals surface area contributed by atoms with Gasteiger partial charge < -0.3 is 20.7 Å². The zero-order chi connectivity index (χ0) is 24.7. The second kappa shape index (κ2) is 11.3. The zero-order valence-corrected chi connectivity index (χ0v) is 20.4. The third-order valence-electron chi connectivity index (χ3n) is 6.33. The van der Waals surface area contributed by atoms with Crippen LogP contribution in [0.2, 0.25) is 0 Å². The SMILES string of the molecule is CCCN(CC/C=C(/CC)C(=O)C1(O)CC1)C(=O)c1ccc(-c2ccc(NC)c(C=N)c2)cc1. The van der Waals surface area contributed by atoms with Gasteiger partial charge >= 0.3 is 0 Å². The first-order valence-electron chi connectivity index (χ1n) is 12.0. The maximum Gasteiger partial charge on any atom is 0.253 e. The number of hydrogen-bond acceptors (Lipinski definition) is 5. The number of carbonyl (C=O) groups is 2. The van der Waals surface area contributed by atoms with Crippen molar-refractivity contribution in [3.63, 3.8) is 0 Å². The molecule has 180 valence electrons. The Hall–Kier alpha value is -3.25. The topological polar surface area (TPSA) is 93.5 Å². The average Bonchev–Trinajstić information content (AvgIpc) is 3.63. The molecule has 0 radical (unpaired) electrons. The lowest BCUT2D eigenvalue weighted by atomic mass is 10.0. The van der Waals surface area contributed by atoms with Crippen LogP contribution in [-0.2, 0) is 4.79 Å². The standard InChI is InChI=1S/C28H35N3O3/c1-4-16-31(17-6-7-20(5-2)26(32)28(34)14-15-28)27(33)22-10-8-21(9-11-22)23-12-13-25(30-3)24(18-23)19-29/h7-13,18-19,29-30,34H,4-6,14-17H2,1-3H3/b20-7-,29-19?. The van der Waals surface area contributed by atoms with Gasteiger partial charge in [0.05, 0.1) is 0 Å². The van der Waals surface area contributed by atoms with E-state index in [0.29, 0.717) is 49.9 Å². The lowest BCUT2D eigenvalue weighted by molar-refractivity contribution is -0.125. The molecule has 0 bridgehead atoms. The van der Waals surface area contributed by atoms with Crippen LogP contribution in [0.15, 0.2) is 54.1 Å². The van der Waals surface area contributed by atoms with E-state index >= 15 is 0 Å². The van der Waals surface area contributed by atoms with Crippen molar-refractivity contribution in [2.24, 2.45) is 0 Å². The van der Waals surface area contributed by atoms with E-state index in [9.17, 15) is 14.7 Å². The average molecular weight is 462 g/mol. The molecule has 3 rings (SSSR count). The molecule has 0 atom stereocenters. The monoisotopic (exact) mass is 461 g/mol. The molecule has 6 nitrogen and oxygen atoms in total. The van der Waals surface area contributed by atoms with Gasteiger partial charge in [-0.15, -0.1) is 0 Å². The van der Waals surface area contributed by atoms with Gasteiger partial charge in [0, 0.05) is 43.2 Å². The molecule has 2 aromatic rings. The molecule has 6 heteroatoms. The quantitative estimate of drug-likeness (QED) is 0.304. The van der Waals surface area contributed by atoms with Crippen LogP contribution >= 0.6 is 0 Å². The van der Waals surface area contributed by atoms with Gasteiger partial charge in [-0.05, 0) is 73.1 Å². The molecule has 0 unspecified atom stereocenters. The van der Waals surface area contributed by atoms with Gasteiger partial charge in [-0.25, -0.2) is 0 Å². The number of rotatable bonds is 12. The van der Waals surface area contributed by atoms with Crippen molar-refractivity contribution in [3.8, 4) is 11.1 Å². The van der Waals surface area contributed by atoms with Crippen LogP contribution in [-0.4, -0.2) is 53.6 Å². The highest BCUT2D eigenvalue weighted by Crippen LogP contribution is 2.38. The van der Waals surface area contributed by atoms with E-state index in [4.69, 9.17) is 5.41 Å². The molecule has 1 fully saturated rings. The van der Waals surface area contributed by atoms with Crippen molar-refractivity contribution >= 4 is 23.6 Å². The number of nitrogens with one attached hydrogen (secondary N) is 2. The van der Waals surface area contributed by atoms with Gasteiger partial charge in [0.2, 0.25) is 0 Å². The first-order chi connectivity index (χ1) is 16.4. The van der Waals surface area contributed by atoms with E-state index in [-0.39, 0.29) is 11.7 Å². The summed E-state index contributed by atoms with van der Waals surface area (Å²) in [6.45, 7) is 5.13. The molecular weight excluding hydrogens is 426 g/mol. The summed E-state index contributed by atoms with van der Waals surface area (Å²) in [5, 5.41) is 20.8. The number of anilines is 1. The molecule has 0 heterocycles. The number of nitrogens with zero attached hydrogens (tertiary/aromatic N) is 1. The Morgan fingerprint density at radius 1 is 1.09 bits per heavy atom.